The highest BCUT2D eigenvalue weighted by molar-refractivity contribution is 5.78. The number of likely N-dealkylation sites (N-methyl/N-ethyl adjacent to an activating group) is 1. The Bertz CT molecular complexity index is 281. The molecule has 0 aromatic heterocycles. The van der Waals surface area contributed by atoms with Crippen molar-refractivity contribution in [2.45, 2.75) is 44.8 Å². The third kappa shape index (κ3) is 3.43. The summed E-state index contributed by atoms with van der Waals surface area (Å²) >= 11 is 0. The molecule has 0 spiro atoms. The maximum absolute atomic E-state index is 11.5. The van der Waals surface area contributed by atoms with E-state index in [1.807, 2.05) is 6.92 Å². The zero-order chi connectivity index (χ0) is 13.8. The fourth-order valence-corrected chi connectivity index (χ4v) is 2.92. The second-order valence-corrected chi connectivity index (χ2v) is 5.32. The summed E-state index contributed by atoms with van der Waals surface area (Å²) in [6.07, 6.45) is 3.40. The smallest absolute Gasteiger partial charge is 0.338 e. The predicted molar refractivity (Wildman–Crippen MR) is 70.1 cm³/mol. The molecule has 5 nitrogen and oxygen atoms in total. The maximum Gasteiger partial charge on any atom is 0.338 e. The summed E-state index contributed by atoms with van der Waals surface area (Å²) in [6.45, 7) is 5.32. The average molecular weight is 258 g/mol. The fraction of sp³-hybridized carbons (Fsp3) is 0.923. The molecule has 3 atom stereocenters. The van der Waals surface area contributed by atoms with Crippen LogP contribution in [0.5, 0.6) is 0 Å². The third-order valence-corrected chi connectivity index (χ3v) is 3.93. The lowest BCUT2D eigenvalue weighted by Gasteiger charge is -2.35. The van der Waals surface area contributed by atoms with Gasteiger partial charge in [-0.15, -0.1) is 0 Å². The molecule has 1 aliphatic rings. The lowest BCUT2D eigenvalue weighted by molar-refractivity contribution is -0.163. The summed E-state index contributed by atoms with van der Waals surface area (Å²) in [5, 5.41) is 10.2. The van der Waals surface area contributed by atoms with Gasteiger partial charge in [0.15, 0.2) is 5.60 Å². The van der Waals surface area contributed by atoms with Crippen LogP contribution in [0, 0.1) is 5.92 Å². The molecule has 5 heteroatoms. The van der Waals surface area contributed by atoms with Gasteiger partial charge in [0, 0.05) is 12.6 Å². The van der Waals surface area contributed by atoms with Crippen LogP contribution in [0.15, 0.2) is 0 Å². The highest BCUT2D eigenvalue weighted by atomic mass is 16.5. The van der Waals surface area contributed by atoms with Gasteiger partial charge in [0.25, 0.3) is 0 Å². The van der Waals surface area contributed by atoms with Crippen LogP contribution in [0.2, 0.25) is 0 Å². The van der Waals surface area contributed by atoms with Gasteiger partial charge in [-0.25, -0.2) is 4.79 Å². The van der Waals surface area contributed by atoms with Crippen LogP contribution in [-0.4, -0.2) is 54.4 Å². The van der Waals surface area contributed by atoms with E-state index in [0.29, 0.717) is 25.0 Å². The van der Waals surface area contributed by atoms with E-state index in [9.17, 15) is 9.90 Å². The van der Waals surface area contributed by atoms with Crippen LogP contribution in [-0.2, 0) is 9.53 Å². The first-order valence-electron chi connectivity index (χ1n) is 6.71. The Morgan fingerprint density at radius 3 is 2.72 bits per heavy atom. The topological polar surface area (TPSA) is 75.8 Å². The van der Waals surface area contributed by atoms with E-state index in [4.69, 9.17) is 5.73 Å². The molecule has 0 heterocycles. The molecule has 3 N–H and O–H groups in total. The highest BCUT2D eigenvalue weighted by Gasteiger charge is 2.38. The van der Waals surface area contributed by atoms with Gasteiger partial charge in [0.05, 0.1) is 7.11 Å². The average Bonchev–Trinajstić information content (AvgIpc) is 2.82. The number of ether oxygens (including phenoxy) is 1. The molecule has 0 saturated heterocycles. The number of aliphatic hydroxyl groups is 1. The summed E-state index contributed by atoms with van der Waals surface area (Å²) in [5.74, 6) is -0.110. The van der Waals surface area contributed by atoms with Gasteiger partial charge in [0.2, 0.25) is 0 Å². The van der Waals surface area contributed by atoms with Crippen molar-refractivity contribution in [3.05, 3.63) is 0 Å². The first-order chi connectivity index (χ1) is 8.46. The van der Waals surface area contributed by atoms with Crippen LogP contribution in [0.1, 0.15) is 33.1 Å². The molecule has 0 aromatic carbocycles. The number of esters is 1. The molecular weight excluding hydrogens is 232 g/mol. The molecule has 18 heavy (non-hydrogen) atoms. The van der Waals surface area contributed by atoms with Gasteiger partial charge in [0.1, 0.15) is 0 Å². The molecule has 0 amide bonds. The molecule has 0 radical (unpaired) electrons. The van der Waals surface area contributed by atoms with E-state index >= 15 is 0 Å². The highest BCUT2D eigenvalue weighted by Crippen LogP contribution is 2.30. The Hall–Kier alpha value is -0.650. The number of hydrogen-bond donors (Lipinski definition) is 2. The zero-order valence-electron chi connectivity index (χ0n) is 11.7. The fourth-order valence-electron chi connectivity index (χ4n) is 2.92. The molecule has 1 aliphatic carbocycles. The van der Waals surface area contributed by atoms with E-state index < -0.39 is 11.6 Å². The minimum Gasteiger partial charge on any atom is -0.467 e. The molecule has 0 aromatic rings. The maximum atomic E-state index is 11.5. The van der Waals surface area contributed by atoms with Crippen molar-refractivity contribution in [3.63, 3.8) is 0 Å². The second-order valence-electron chi connectivity index (χ2n) is 5.32. The second kappa shape index (κ2) is 6.50. The van der Waals surface area contributed by atoms with Crippen LogP contribution >= 0.6 is 0 Å². The number of nitrogens with two attached hydrogens (primary N) is 1. The number of rotatable bonds is 6. The molecule has 1 rings (SSSR count). The van der Waals surface area contributed by atoms with E-state index in [0.717, 1.165) is 19.4 Å². The number of methoxy groups -OCH3 is 1. The van der Waals surface area contributed by atoms with Crippen LogP contribution in [0.4, 0.5) is 0 Å². The standard InChI is InChI=1S/C13H26N2O3/c1-4-15(9-13(2,17)12(16)18-3)11-7-5-6-10(11)8-14/h10-11,17H,4-9,14H2,1-3H3. The largest absolute Gasteiger partial charge is 0.467 e. The van der Waals surface area contributed by atoms with Crippen LogP contribution in [0.25, 0.3) is 0 Å². The molecule has 1 fully saturated rings. The van der Waals surface area contributed by atoms with Gasteiger partial charge in [-0.3, -0.25) is 4.90 Å². The zero-order valence-corrected chi connectivity index (χ0v) is 11.7. The van der Waals surface area contributed by atoms with E-state index in [1.54, 1.807) is 0 Å². The molecule has 0 bridgehead atoms. The number of nitrogens with zero attached hydrogens (tertiary/aromatic N) is 1. The summed E-state index contributed by atoms with van der Waals surface area (Å²) < 4.78 is 4.64. The summed E-state index contributed by atoms with van der Waals surface area (Å²) in [5.41, 5.74) is 4.33. The molecular formula is C13H26N2O3. The van der Waals surface area contributed by atoms with E-state index in [2.05, 4.69) is 9.64 Å². The summed E-state index contributed by atoms with van der Waals surface area (Å²) in [7, 11) is 1.30. The lowest BCUT2D eigenvalue weighted by Crippen LogP contribution is -2.52. The Kier molecular flexibility index (Phi) is 5.56. The Morgan fingerprint density at radius 1 is 1.56 bits per heavy atom. The molecule has 0 aliphatic heterocycles. The number of carbonyl (C=O) groups is 1. The van der Waals surface area contributed by atoms with Gasteiger partial charge in [-0.1, -0.05) is 13.3 Å². The van der Waals surface area contributed by atoms with Crippen molar-refractivity contribution in [2.24, 2.45) is 11.7 Å². The van der Waals surface area contributed by atoms with E-state index in [-0.39, 0.29) is 0 Å². The van der Waals surface area contributed by atoms with Crippen LogP contribution < -0.4 is 5.73 Å². The summed E-state index contributed by atoms with van der Waals surface area (Å²) in [4.78, 5) is 13.7. The quantitative estimate of drug-likeness (QED) is 0.673. The Balaban J connectivity index is 2.69. The van der Waals surface area contributed by atoms with Crippen molar-refractivity contribution >= 4 is 5.97 Å². The monoisotopic (exact) mass is 258 g/mol. The third-order valence-electron chi connectivity index (χ3n) is 3.93. The van der Waals surface area contributed by atoms with Crippen molar-refractivity contribution in [1.29, 1.82) is 0 Å². The van der Waals surface area contributed by atoms with Crippen molar-refractivity contribution < 1.29 is 14.6 Å². The first-order valence-corrected chi connectivity index (χ1v) is 6.71. The molecule has 106 valence electrons. The minimum atomic E-state index is -1.45. The number of carbonyl (C=O) groups excluding carboxylic acids is 1. The predicted octanol–water partition coefficient (Wildman–Crippen LogP) is 0.360. The normalized spacial score (nSPS) is 27.2. The Labute approximate surface area is 109 Å². The van der Waals surface area contributed by atoms with Crippen molar-refractivity contribution in [3.8, 4) is 0 Å². The van der Waals surface area contributed by atoms with Gasteiger partial charge >= 0.3 is 5.97 Å². The van der Waals surface area contributed by atoms with Crippen molar-refractivity contribution in [1.82, 2.24) is 4.90 Å². The Morgan fingerprint density at radius 2 is 2.22 bits per heavy atom. The van der Waals surface area contributed by atoms with E-state index in [1.165, 1.54) is 20.5 Å². The molecule has 3 unspecified atom stereocenters. The number of hydrogen-bond acceptors (Lipinski definition) is 5. The first kappa shape index (κ1) is 15.4. The van der Waals surface area contributed by atoms with Crippen molar-refractivity contribution in [2.75, 3.05) is 26.7 Å². The molecule has 1 saturated carbocycles. The van der Waals surface area contributed by atoms with Gasteiger partial charge in [-0.05, 0) is 38.8 Å². The van der Waals surface area contributed by atoms with Crippen LogP contribution in [0.3, 0.4) is 0 Å². The van der Waals surface area contributed by atoms with Gasteiger partial charge in [-0.2, -0.15) is 0 Å². The summed E-state index contributed by atoms with van der Waals surface area (Å²) in [6, 6.07) is 0.371. The SMILES string of the molecule is CCN(CC(C)(O)C(=O)OC)C1CCCC1CN. The lowest BCUT2D eigenvalue weighted by atomic mass is 9.99. The van der Waals surface area contributed by atoms with Gasteiger partial charge < -0.3 is 15.6 Å². The minimum absolute atomic E-state index is 0.303.